The van der Waals surface area contributed by atoms with Crippen molar-refractivity contribution in [3.05, 3.63) is 52.4 Å². The number of nitrogens with one attached hydrogen (secondary N) is 2. The van der Waals surface area contributed by atoms with Gasteiger partial charge in [0.15, 0.2) is 0 Å². The van der Waals surface area contributed by atoms with Gasteiger partial charge in [0.25, 0.3) is 5.91 Å². The van der Waals surface area contributed by atoms with Crippen LogP contribution in [-0.4, -0.2) is 57.8 Å². The van der Waals surface area contributed by atoms with Gasteiger partial charge in [-0.15, -0.1) is 0 Å². The molecule has 1 amide bonds. The van der Waals surface area contributed by atoms with Gasteiger partial charge in [-0.05, 0) is 38.1 Å². The van der Waals surface area contributed by atoms with Crippen molar-refractivity contribution in [3.8, 4) is 5.88 Å². The van der Waals surface area contributed by atoms with Gasteiger partial charge in [0.05, 0.1) is 34.7 Å². The number of rotatable bonds is 7. The second-order valence-corrected chi connectivity index (χ2v) is 8.47. The lowest BCUT2D eigenvalue weighted by Gasteiger charge is -2.12. The molecular weight excluding hydrogens is 453 g/mol. The Bertz CT molecular complexity index is 1100. The third-order valence-corrected chi connectivity index (χ3v) is 5.85. The number of para-hydroxylation sites is 1. The van der Waals surface area contributed by atoms with Gasteiger partial charge in [0.2, 0.25) is 11.8 Å². The van der Waals surface area contributed by atoms with Gasteiger partial charge in [-0.3, -0.25) is 9.48 Å². The minimum absolute atomic E-state index is 0.115. The average molecular weight is 476 g/mol. The van der Waals surface area contributed by atoms with Gasteiger partial charge in [-0.1, -0.05) is 29.3 Å². The van der Waals surface area contributed by atoms with Gasteiger partial charge in [-0.2, -0.15) is 10.1 Å². The number of hydrogen-bond donors (Lipinski definition) is 2. The van der Waals surface area contributed by atoms with E-state index in [1.54, 1.807) is 24.4 Å². The van der Waals surface area contributed by atoms with E-state index in [0.29, 0.717) is 21.7 Å². The molecule has 9 nitrogen and oxygen atoms in total. The van der Waals surface area contributed by atoms with Gasteiger partial charge in [0, 0.05) is 25.5 Å². The highest BCUT2D eigenvalue weighted by molar-refractivity contribution is 6.40. The number of carbonyl (C=O) groups is 1. The molecule has 11 heteroatoms. The van der Waals surface area contributed by atoms with Crippen molar-refractivity contribution in [1.82, 2.24) is 24.6 Å². The number of nitrogens with zero attached hydrogens (tertiary/aromatic N) is 5. The lowest BCUT2D eigenvalue weighted by Crippen LogP contribution is -2.17. The summed E-state index contributed by atoms with van der Waals surface area (Å²) >= 11 is 12.3. The number of benzene rings is 1. The second kappa shape index (κ2) is 9.72. The number of carbonyl (C=O) groups excluding carboxylic acids is 1. The van der Waals surface area contributed by atoms with Crippen LogP contribution in [0.1, 0.15) is 16.8 Å². The molecule has 2 N–H and O–H groups in total. The third-order valence-electron chi connectivity index (χ3n) is 5.22. The molecule has 1 aliphatic heterocycles. The van der Waals surface area contributed by atoms with E-state index in [9.17, 15) is 4.79 Å². The summed E-state index contributed by atoms with van der Waals surface area (Å²) in [6, 6.07) is 4.96. The van der Waals surface area contributed by atoms with Gasteiger partial charge >= 0.3 is 0 Å². The molecule has 1 aromatic carbocycles. The number of methoxy groups -OCH3 is 1. The molecule has 0 bridgehead atoms. The summed E-state index contributed by atoms with van der Waals surface area (Å²) in [6.45, 7) is 3.05. The number of amides is 1. The van der Waals surface area contributed by atoms with Crippen molar-refractivity contribution < 1.29 is 9.53 Å². The minimum Gasteiger partial charge on any atom is -0.480 e. The summed E-state index contributed by atoms with van der Waals surface area (Å²) in [6.07, 6.45) is 6.18. The fourth-order valence-electron chi connectivity index (χ4n) is 3.63. The molecule has 2 aromatic heterocycles. The zero-order chi connectivity index (χ0) is 22.7. The molecule has 4 rings (SSSR count). The molecule has 0 spiro atoms. The Labute approximate surface area is 195 Å². The summed E-state index contributed by atoms with van der Waals surface area (Å²) in [5, 5.41) is 10.8. The summed E-state index contributed by atoms with van der Waals surface area (Å²) < 4.78 is 7.22. The van der Waals surface area contributed by atoms with Crippen molar-refractivity contribution in [1.29, 1.82) is 0 Å². The number of anilines is 3. The molecule has 32 heavy (non-hydrogen) atoms. The predicted octanol–water partition coefficient (Wildman–Crippen LogP) is 3.94. The zero-order valence-electron chi connectivity index (χ0n) is 17.7. The molecule has 168 valence electrons. The van der Waals surface area contributed by atoms with Crippen molar-refractivity contribution >= 4 is 46.4 Å². The van der Waals surface area contributed by atoms with Crippen LogP contribution in [0.25, 0.3) is 0 Å². The minimum atomic E-state index is -0.488. The van der Waals surface area contributed by atoms with Gasteiger partial charge < -0.3 is 20.3 Å². The largest absolute Gasteiger partial charge is 0.480 e. The normalized spacial score (nSPS) is 16.2. The highest BCUT2D eigenvalue weighted by atomic mass is 35.5. The van der Waals surface area contributed by atoms with Gasteiger partial charge in [0.1, 0.15) is 5.56 Å². The Morgan fingerprint density at radius 2 is 2.06 bits per heavy atom. The Hall–Kier alpha value is -2.88. The number of halogens is 2. The van der Waals surface area contributed by atoms with Crippen LogP contribution in [0, 0.1) is 5.92 Å². The molecule has 1 atom stereocenters. The van der Waals surface area contributed by atoms with E-state index >= 15 is 0 Å². The first-order valence-electron chi connectivity index (χ1n) is 10.1. The molecule has 0 radical (unpaired) electrons. The number of aromatic nitrogens is 4. The third kappa shape index (κ3) is 5.12. The van der Waals surface area contributed by atoms with E-state index in [-0.39, 0.29) is 17.4 Å². The van der Waals surface area contributed by atoms with Crippen molar-refractivity contribution in [2.24, 2.45) is 5.92 Å². The SMILES string of the molecule is COc1nc(Nc2cnn(C[C@@H]3CCN(C)C3)c2)ncc1C(=O)Nc1c(Cl)cccc1Cl. The van der Waals surface area contributed by atoms with Crippen LogP contribution in [0.15, 0.2) is 36.8 Å². The van der Waals surface area contributed by atoms with Gasteiger partial charge in [-0.25, -0.2) is 4.98 Å². The Morgan fingerprint density at radius 3 is 2.75 bits per heavy atom. The Balaban J connectivity index is 1.45. The molecule has 0 unspecified atom stereocenters. The van der Waals surface area contributed by atoms with E-state index in [0.717, 1.165) is 25.3 Å². The van der Waals surface area contributed by atoms with Crippen LogP contribution < -0.4 is 15.4 Å². The number of hydrogen-bond acceptors (Lipinski definition) is 7. The van der Waals surface area contributed by atoms with Crippen LogP contribution in [0.2, 0.25) is 10.0 Å². The van der Waals surface area contributed by atoms with Crippen molar-refractivity contribution in [3.63, 3.8) is 0 Å². The molecule has 1 fully saturated rings. The Kier molecular flexibility index (Phi) is 6.78. The molecule has 0 saturated carbocycles. The van der Waals surface area contributed by atoms with Crippen molar-refractivity contribution in [2.75, 3.05) is 37.9 Å². The zero-order valence-corrected chi connectivity index (χ0v) is 19.2. The average Bonchev–Trinajstić information content (AvgIpc) is 3.39. The quantitative estimate of drug-likeness (QED) is 0.533. The summed E-state index contributed by atoms with van der Waals surface area (Å²) in [7, 11) is 3.57. The van der Waals surface area contributed by atoms with Crippen LogP contribution in [0.5, 0.6) is 5.88 Å². The van der Waals surface area contributed by atoms with Crippen LogP contribution in [-0.2, 0) is 6.54 Å². The smallest absolute Gasteiger partial charge is 0.262 e. The van der Waals surface area contributed by atoms with Crippen LogP contribution in [0.3, 0.4) is 0 Å². The molecule has 1 aliphatic rings. The van der Waals surface area contributed by atoms with Crippen LogP contribution >= 0.6 is 23.2 Å². The van der Waals surface area contributed by atoms with E-state index in [1.165, 1.54) is 19.7 Å². The van der Waals surface area contributed by atoms with Crippen LogP contribution in [0.4, 0.5) is 17.3 Å². The van der Waals surface area contributed by atoms with Crippen molar-refractivity contribution in [2.45, 2.75) is 13.0 Å². The number of likely N-dealkylation sites (tertiary alicyclic amines) is 1. The fourth-order valence-corrected chi connectivity index (χ4v) is 4.12. The maximum absolute atomic E-state index is 12.7. The maximum Gasteiger partial charge on any atom is 0.262 e. The predicted molar refractivity (Wildman–Crippen MR) is 124 cm³/mol. The highest BCUT2D eigenvalue weighted by Crippen LogP contribution is 2.31. The second-order valence-electron chi connectivity index (χ2n) is 7.66. The lowest BCUT2D eigenvalue weighted by molar-refractivity contribution is 0.102. The lowest BCUT2D eigenvalue weighted by atomic mass is 10.1. The standard InChI is InChI=1S/C21H23Cl2N7O2/c1-29-7-6-13(10-29)11-30-12-14(8-25-30)26-21-24-9-15(20(28-21)32-2)19(31)27-18-16(22)4-3-5-17(18)23/h3-5,8-9,12-13H,6-7,10-11H2,1-2H3,(H,27,31)(H,24,26,28)/t13-/m1/s1. The van der Waals surface area contributed by atoms with E-state index in [4.69, 9.17) is 27.9 Å². The monoisotopic (exact) mass is 475 g/mol. The maximum atomic E-state index is 12.7. The molecule has 3 aromatic rings. The summed E-state index contributed by atoms with van der Waals surface area (Å²) in [5.41, 5.74) is 1.21. The summed E-state index contributed by atoms with van der Waals surface area (Å²) in [5.74, 6) is 0.505. The molecular formula is C21H23Cl2N7O2. The molecule has 3 heterocycles. The van der Waals surface area contributed by atoms with E-state index in [2.05, 4.69) is 37.6 Å². The Morgan fingerprint density at radius 1 is 1.28 bits per heavy atom. The first-order chi connectivity index (χ1) is 15.4. The number of ether oxygens (including phenoxy) is 1. The fraction of sp³-hybridized carbons (Fsp3) is 0.333. The van der Waals surface area contributed by atoms with E-state index in [1.807, 2.05) is 10.9 Å². The first-order valence-corrected chi connectivity index (χ1v) is 10.8. The summed E-state index contributed by atoms with van der Waals surface area (Å²) in [4.78, 5) is 23.6. The first kappa shape index (κ1) is 22.3. The molecule has 1 saturated heterocycles. The molecule has 0 aliphatic carbocycles. The topological polar surface area (TPSA) is 97.2 Å². The highest BCUT2D eigenvalue weighted by Gasteiger charge is 2.21. The van der Waals surface area contributed by atoms with E-state index < -0.39 is 5.91 Å².